The van der Waals surface area contributed by atoms with Crippen LogP contribution in [0.3, 0.4) is 0 Å². The summed E-state index contributed by atoms with van der Waals surface area (Å²) in [5.41, 5.74) is 0.916. The monoisotopic (exact) mass is 169 g/mol. The van der Waals surface area contributed by atoms with Crippen LogP contribution in [0.25, 0.3) is 0 Å². The van der Waals surface area contributed by atoms with Crippen LogP contribution in [0.4, 0.5) is 0 Å². The van der Waals surface area contributed by atoms with E-state index in [1.54, 1.807) is 0 Å². The zero-order valence-electron chi connectivity index (χ0n) is 9.70. The van der Waals surface area contributed by atoms with Crippen LogP contribution in [-0.4, -0.2) is 0 Å². The summed E-state index contributed by atoms with van der Waals surface area (Å²) in [6.07, 6.45) is 6.26. The summed E-state index contributed by atoms with van der Waals surface area (Å²) in [5, 5.41) is 0. The van der Waals surface area contributed by atoms with Gasteiger partial charge in [-0.05, 0) is 23.7 Å². The molecule has 73 valence electrons. The number of hydrogen-bond donors (Lipinski definition) is 0. The second-order valence-corrected chi connectivity index (χ2v) is 5.33. The molecule has 12 heavy (non-hydrogen) atoms. The maximum absolute atomic E-state index is 2.51. The van der Waals surface area contributed by atoms with Crippen molar-refractivity contribution in [3.05, 3.63) is 6.42 Å². The first kappa shape index (κ1) is 12.0. The van der Waals surface area contributed by atoms with Crippen LogP contribution in [0.5, 0.6) is 0 Å². The molecule has 0 nitrogen and oxygen atoms in total. The smallest absolute Gasteiger partial charge is 0.0300 e. The van der Waals surface area contributed by atoms with Gasteiger partial charge in [-0.15, -0.1) is 0 Å². The topological polar surface area (TPSA) is 0 Å². The van der Waals surface area contributed by atoms with Crippen LogP contribution in [0, 0.1) is 17.3 Å². The summed E-state index contributed by atoms with van der Waals surface area (Å²) in [6, 6.07) is 0. The molecule has 0 aromatic heterocycles. The van der Waals surface area contributed by atoms with Crippen molar-refractivity contribution in [1.29, 1.82) is 0 Å². The highest BCUT2D eigenvalue weighted by molar-refractivity contribution is 4.89. The normalized spacial score (nSPS) is 13.5. The average Bonchev–Trinajstić information content (AvgIpc) is 1.99. The van der Waals surface area contributed by atoms with Crippen molar-refractivity contribution in [3.8, 4) is 0 Å². The quantitative estimate of drug-likeness (QED) is 0.583. The van der Waals surface area contributed by atoms with Crippen LogP contribution in [0.1, 0.15) is 60.8 Å². The van der Waals surface area contributed by atoms with Crippen LogP contribution < -0.4 is 0 Å². The molecule has 0 aromatic carbocycles. The zero-order valence-corrected chi connectivity index (χ0v) is 9.70. The second kappa shape index (κ2) is 4.30. The summed E-state index contributed by atoms with van der Waals surface area (Å²) < 4.78 is 0. The summed E-state index contributed by atoms with van der Waals surface area (Å²) in [7, 11) is 0. The maximum Gasteiger partial charge on any atom is -0.0300 e. The fraction of sp³-hybridized carbons (Fsp3) is 0.917. The molecule has 0 aromatic rings. The minimum absolute atomic E-state index is 0.450. The SMILES string of the molecule is CCC(C)([CH]CC(C)(C)C)CC. The Labute approximate surface area is 78.8 Å². The van der Waals surface area contributed by atoms with Crippen LogP contribution in [0.2, 0.25) is 0 Å². The van der Waals surface area contributed by atoms with Gasteiger partial charge >= 0.3 is 0 Å². The average molecular weight is 169 g/mol. The van der Waals surface area contributed by atoms with Gasteiger partial charge in [0.25, 0.3) is 0 Å². The molecule has 0 aliphatic heterocycles. The molecule has 0 fully saturated rings. The van der Waals surface area contributed by atoms with Gasteiger partial charge in [0.1, 0.15) is 0 Å². The first-order valence-electron chi connectivity index (χ1n) is 5.17. The Hall–Kier alpha value is 0. The summed E-state index contributed by atoms with van der Waals surface area (Å²) >= 11 is 0. The first-order chi connectivity index (χ1) is 5.33. The molecule has 0 heterocycles. The highest BCUT2D eigenvalue weighted by atomic mass is 14.3. The number of rotatable bonds is 4. The molecular formula is C12H25. The third-order valence-corrected chi connectivity index (χ3v) is 2.82. The summed E-state index contributed by atoms with van der Waals surface area (Å²) in [4.78, 5) is 0. The Balaban J connectivity index is 3.89. The van der Waals surface area contributed by atoms with Crippen molar-refractivity contribution < 1.29 is 0 Å². The van der Waals surface area contributed by atoms with Crippen LogP contribution in [-0.2, 0) is 0 Å². The van der Waals surface area contributed by atoms with E-state index in [-0.39, 0.29) is 0 Å². The van der Waals surface area contributed by atoms with Gasteiger partial charge in [-0.25, -0.2) is 0 Å². The van der Waals surface area contributed by atoms with Crippen LogP contribution in [0.15, 0.2) is 0 Å². The molecule has 0 unspecified atom stereocenters. The molecule has 1 radical (unpaired) electrons. The van der Waals surface area contributed by atoms with E-state index in [0.29, 0.717) is 10.8 Å². The van der Waals surface area contributed by atoms with Crippen molar-refractivity contribution in [1.82, 2.24) is 0 Å². The predicted molar refractivity (Wildman–Crippen MR) is 57.1 cm³/mol. The van der Waals surface area contributed by atoms with Gasteiger partial charge in [0.15, 0.2) is 0 Å². The van der Waals surface area contributed by atoms with E-state index in [1.807, 2.05) is 0 Å². The Morgan fingerprint density at radius 1 is 0.917 bits per heavy atom. The van der Waals surface area contributed by atoms with Crippen molar-refractivity contribution in [2.24, 2.45) is 10.8 Å². The van der Waals surface area contributed by atoms with Gasteiger partial charge in [0.2, 0.25) is 0 Å². The molecule has 0 atom stereocenters. The third-order valence-electron chi connectivity index (χ3n) is 2.82. The Bertz CT molecular complexity index is 112. The molecule has 0 aliphatic rings. The van der Waals surface area contributed by atoms with E-state index in [4.69, 9.17) is 0 Å². The van der Waals surface area contributed by atoms with Gasteiger partial charge < -0.3 is 0 Å². The van der Waals surface area contributed by atoms with E-state index in [0.717, 1.165) is 0 Å². The highest BCUT2D eigenvalue weighted by Gasteiger charge is 2.22. The van der Waals surface area contributed by atoms with Gasteiger partial charge in [-0.1, -0.05) is 54.4 Å². The molecule has 0 amide bonds. The first-order valence-corrected chi connectivity index (χ1v) is 5.17. The molecule has 0 spiro atoms. The van der Waals surface area contributed by atoms with Crippen molar-refractivity contribution >= 4 is 0 Å². The minimum atomic E-state index is 0.450. The zero-order chi connectivity index (χ0) is 9.83. The lowest BCUT2D eigenvalue weighted by atomic mass is 9.76. The molecule has 0 rings (SSSR count). The van der Waals surface area contributed by atoms with E-state index in [2.05, 4.69) is 48.0 Å². The van der Waals surface area contributed by atoms with Gasteiger partial charge in [0.05, 0.1) is 0 Å². The molecule has 0 saturated carbocycles. The summed E-state index contributed by atoms with van der Waals surface area (Å²) in [6.45, 7) is 13.8. The van der Waals surface area contributed by atoms with E-state index < -0.39 is 0 Å². The minimum Gasteiger partial charge on any atom is -0.0649 e. The maximum atomic E-state index is 2.51. The van der Waals surface area contributed by atoms with Crippen molar-refractivity contribution in [2.75, 3.05) is 0 Å². The summed E-state index contributed by atoms with van der Waals surface area (Å²) in [5.74, 6) is 0. The van der Waals surface area contributed by atoms with Crippen molar-refractivity contribution in [3.63, 3.8) is 0 Å². The fourth-order valence-corrected chi connectivity index (χ4v) is 1.09. The Morgan fingerprint density at radius 3 is 1.58 bits per heavy atom. The largest absolute Gasteiger partial charge is 0.0649 e. The molecule has 0 N–H and O–H groups in total. The van der Waals surface area contributed by atoms with Crippen molar-refractivity contribution in [2.45, 2.75) is 60.8 Å². The van der Waals surface area contributed by atoms with E-state index in [9.17, 15) is 0 Å². The fourth-order valence-electron chi connectivity index (χ4n) is 1.09. The molecule has 0 saturated heterocycles. The molecule has 0 heteroatoms. The molecular weight excluding hydrogens is 144 g/mol. The number of hydrogen-bond acceptors (Lipinski definition) is 0. The predicted octanol–water partition coefficient (Wildman–Crippen LogP) is 4.45. The van der Waals surface area contributed by atoms with Gasteiger partial charge in [-0.3, -0.25) is 0 Å². The van der Waals surface area contributed by atoms with Gasteiger partial charge in [0, 0.05) is 0 Å². The Morgan fingerprint density at radius 2 is 1.33 bits per heavy atom. The lowest BCUT2D eigenvalue weighted by Gasteiger charge is -2.30. The lowest BCUT2D eigenvalue weighted by Crippen LogP contribution is -2.18. The standard InChI is InChI=1S/C12H25/c1-7-12(6,8-2)10-9-11(3,4)5/h10H,7-9H2,1-6H3. The molecule has 0 aliphatic carbocycles. The second-order valence-electron chi connectivity index (χ2n) is 5.33. The lowest BCUT2D eigenvalue weighted by molar-refractivity contribution is 0.299. The van der Waals surface area contributed by atoms with Crippen LogP contribution >= 0.6 is 0 Å². The van der Waals surface area contributed by atoms with E-state index in [1.165, 1.54) is 19.3 Å². The van der Waals surface area contributed by atoms with Gasteiger partial charge in [-0.2, -0.15) is 0 Å². The Kier molecular flexibility index (Phi) is 4.30. The van der Waals surface area contributed by atoms with E-state index >= 15 is 0 Å². The third kappa shape index (κ3) is 4.79. The highest BCUT2D eigenvalue weighted by Crippen LogP contribution is 2.34. The molecule has 0 bridgehead atoms.